The van der Waals surface area contributed by atoms with E-state index in [9.17, 15) is 34.5 Å². The molecule has 20 bridgehead atoms. The van der Waals surface area contributed by atoms with Gasteiger partial charge in [-0.1, -0.05) is 69.4 Å². The number of rotatable bonds is 15. The number of ketones is 3. The molecule has 5 aromatic rings. The van der Waals surface area contributed by atoms with Crippen LogP contribution in [-0.4, -0.2) is 116 Å². The first-order valence-corrected chi connectivity index (χ1v) is 47.1. The second-order valence-corrected chi connectivity index (χ2v) is 42.3. The van der Waals surface area contributed by atoms with Crippen LogP contribution in [0.1, 0.15) is 300 Å². The van der Waals surface area contributed by atoms with Crippen molar-refractivity contribution in [3.05, 3.63) is 134 Å². The maximum atomic E-state index is 13.0. The Bertz CT molecular complexity index is 4910. The third-order valence-electron chi connectivity index (χ3n) is 34.4. The number of pyridine rings is 5. The number of aliphatic hydroxyl groups is 3. The molecule has 24 aliphatic carbocycles. The number of fused-ring (bicyclic) bond motifs is 7. The van der Waals surface area contributed by atoms with Crippen molar-refractivity contribution in [2.45, 2.75) is 299 Å². The van der Waals surface area contributed by atoms with Crippen LogP contribution in [0.4, 0.5) is 34.1 Å². The SMILES string of the molecule is CC(=O)c1cnc2c(c1NC1C3CC4CC(C3)CC1C4)N=CC2.CCC(=O)c1cnc2c(c1NC1[C@@H]3CC4C[C@H]1CC(O)(C4)C3)C=CC2.CCC(=O)c1cnc2c(c1NC1[C@@H]3CC4C[C@H]1CC(O)(C4)C3)C=CC2.CCc1cnc2c(c1NC1C3CC4CC1CC(O)(C4)C3)C=CC2.O=C1Cc2cnc3c(c2N1C12CC4CC(CC(C4)C1)C2)C=CC3. The summed E-state index contributed by atoms with van der Waals surface area (Å²) in [5.74, 6) is 12.3. The lowest BCUT2D eigenvalue weighted by molar-refractivity contribution is -0.129. The molecule has 26 aliphatic rings. The quantitative estimate of drug-likeness (QED) is 0.0481. The Kier molecular flexibility index (Phi) is 19.2. The van der Waals surface area contributed by atoms with Crippen LogP contribution in [0.5, 0.6) is 0 Å². The molecule has 8 unspecified atom stereocenters. The summed E-state index contributed by atoms with van der Waals surface area (Å²) in [4.78, 5) is 79.6. The van der Waals surface area contributed by atoms with Crippen molar-refractivity contribution in [3.63, 3.8) is 0 Å². The topological polar surface area (TPSA) is 257 Å². The Morgan fingerprint density at radius 2 is 0.765 bits per heavy atom. The molecule has 624 valence electrons. The van der Waals surface area contributed by atoms with Gasteiger partial charge in [-0.15, -0.1) is 0 Å². The average molecular weight is 1600 g/mol. The molecule has 119 heavy (non-hydrogen) atoms. The predicted molar refractivity (Wildman–Crippen MR) is 467 cm³/mol. The fraction of sp³-hybridized carbons (Fsp3) is 0.624. The van der Waals surface area contributed by atoms with Gasteiger partial charge in [-0.25, -0.2) is 0 Å². The lowest BCUT2D eigenvalue weighted by Gasteiger charge is -2.60. The van der Waals surface area contributed by atoms with E-state index in [0.717, 1.165) is 217 Å². The minimum Gasteiger partial charge on any atom is -0.390 e. The summed E-state index contributed by atoms with van der Waals surface area (Å²) in [5.41, 5.74) is 20.3. The van der Waals surface area contributed by atoms with E-state index >= 15 is 0 Å². The van der Waals surface area contributed by atoms with Gasteiger partial charge in [-0.3, -0.25) is 49.1 Å². The van der Waals surface area contributed by atoms with Crippen LogP contribution >= 0.6 is 0 Å². The van der Waals surface area contributed by atoms with Gasteiger partial charge in [0.15, 0.2) is 17.3 Å². The van der Waals surface area contributed by atoms with E-state index < -0.39 is 11.2 Å². The largest absolute Gasteiger partial charge is 0.390 e. The van der Waals surface area contributed by atoms with Crippen molar-refractivity contribution < 1.29 is 34.5 Å². The van der Waals surface area contributed by atoms with E-state index in [4.69, 9.17) is 0 Å². The number of hydrogen-bond acceptors (Lipinski definition) is 17. The van der Waals surface area contributed by atoms with E-state index in [0.29, 0.717) is 102 Å². The third-order valence-corrected chi connectivity index (χ3v) is 34.4. The highest BCUT2D eigenvalue weighted by Gasteiger charge is 2.60. The highest BCUT2D eigenvalue weighted by Crippen LogP contribution is 2.63. The van der Waals surface area contributed by atoms with E-state index in [1.807, 2.05) is 26.3 Å². The van der Waals surface area contributed by atoms with Gasteiger partial charge in [0.25, 0.3) is 0 Å². The molecule has 5 aromatic heterocycles. The highest BCUT2D eigenvalue weighted by atomic mass is 16.3. The molecule has 0 aromatic carbocycles. The van der Waals surface area contributed by atoms with Crippen LogP contribution < -0.4 is 26.2 Å². The van der Waals surface area contributed by atoms with Crippen LogP contribution in [0.3, 0.4) is 0 Å². The van der Waals surface area contributed by atoms with E-state index in [1.54, 1.807) is 25.5 Å². The number of nitrogens with one attached hydrogen (secondary N) is 4. The van der Waals surface area contributed by atoms with Crippen LogP contribution in [0.15, 0.2) is 60.3 Å². The van der Waals surface area contributed by atoms with Gasteiger partial charge in [0.2, 0.25) is 5.91 Å². The molecule has 2 aliphatic heterocycles. The molecule has 31 rings (SSSR count). The maximum absolute atomic E-state index is 13.0. The van der Waals surface area contributed by atoms with Crippen molar-refractivity contribution in [2.75, 3.05) is 26.2 Å². The molecule has 12 atom stereocenters. The Hall–Kier alpha value is -8.06. The second-order valence-electron chi connectivity index (χ2n) is 42.3. The molecular weight excluding hydrogens is 1480 g/mol. The monoisotopic (exact) mass is 1600 g/mol. The minimum atomic E-state index is -0.420. The van der Waals surface area contributed by atoms with Crippen molar-refractivity contribution in [3.8, 4) is 0 Å². The number of aryl methyl sites for hydroxylation is 1. The first-order chi connectivity index (χ1) is 57.7. The summed E-state index contributed by atoms with van der Waals surface area (Å²) in [6.45, 7) is 7.66. The lowest BCUT2D eigenvalue weighted by atomic mass is 9.52. The summed E-state index contributed by atoms with van der Waals surface area (Å²) in [6.07, 6.45) is 66.7. The molecule has 7 N–H and O–H groups in total. The van der Waals surface area contributed by atoms with Crippen LogP contribution in [0.2, 0.25) is 0 Å². The van der Waals surface area contributed by atoms with Gasteiger partial charge < -0.3 is 41.5 Å². The predicted octanol–water partition coefficient (Wildman–Crippen LogP) is 18.0. The lowest BCUT2D eigenvalue weighted by Crippen LogP contribution is -2.61. The van der Waals surface area contributed by atoms with Gasteiger partial charge in [0.05, 0.1) is 91.1 Å². The number of amides is 1. The molecule has 0 radical (unpaired) electrons. The second kappa shape index (κ2) is 29.6. The van der Waals surface area contributed by atoms with Crippen LogP contribution in [-0.2, 0) is 49.7 Å². The summed E-state index contributed by atoms with van der Waals surface area (Å²) < 4.78 is 0. The number of allylic oxidation sites excluding steroid dienone is 4. The number of aliphatic imine (C=N–C) groups is 1. The zero-order valence-electron chi connectivity index (χ0n) is 70.5. The van der Waals surface area contributed by atoms with Crippen LogP contribution in [0, 0.1) is 94.7 Å². The molecule has 20 saturated carbocycles. The molecule has 1 amide bonds. The van der Waals surface area contributed by atoms with Crippen molar-refractivity contribution in [1.29, 1.82) is 0 Å². The molecule has 0 spiro atoms. The Morgan fingerprint density at radius 3 is 1.20 bits per heavy atom. The zero-order chi connectivity index (χ0) is 80.7. The number of nitrogens with zero attached hydrogens (tertiary/aromatic N) is 7. The number of carbonyl (C=O) groups excluding carboxylic acids is 4. The summed E-state index contributed by atoms with van der Waals surface area (Å²) in [5, 5.41) is 47.8. The van der Waals surface area contributed by atoms with Gasteiger partial charge in [0.1, 0.15) is 5.69 Å². The highest BCUT2D eigenvalue weighted by molar-refractivity contribution is 6.06. The van der Waals surface area contributed by atoms with Crippen molar-refractivity contribution >= 4 is 87.9 Å². The summed E-state index contributed by atoms with van der Waals surface area (Å²) in [7, 11) is 0. The Balaban J connectivity index is 0.0000000896. The van der Waals surface area contributed by atoms with Gasteiger partial charge in [0, 0.05) is 145 Å². The first-order valence-electron chi connectivity index (χ1n) is 47.1. The number of anilines is 5. The standard InChI is InChI=1S/2C21H26N2O2.C20H22N2O.C20H26N2O.C19H23N3O/c2*1-2-18(24)16-11-22-17-5-3-4-15(17)20(16)23-19-13-6-12-7-14(19)10-21(25,8-12)9-13;23-18-7-15-11-21-17-3-1-2-16(17)19(15)22(18)20-8-12-4-13(9-20)6-14(5-12)10-20;1-2-13-11-21-17-5-3-4-16(17)19(13)22-18-14-6-12-7-15(18)10-20(23,8-12)9-14;1-10(23)15-9-21-16-2-3-20-19(16)18(15)22-17-13-5-11-4-12(7-13)8-14(17)6-11/h2*3-4,11-14,19,25H,2,5-10H2,1H3,(H,22,23);1-2,11-14H,3-10H2;3-4,11-12,14-15,18,23H,2,5-10H2,1H3,(H,21,22);3,9,11-14,17H,2,4-8H2,1H3,(H,21,22)/t2*12?,13-,14+,19?,21?;;;. The van der Waals surface area contributed by atoms with Gasteiger partial charge >= 0.3 is 0 Å². The maximum Gasteiger partial charge on any atom is 0.232 e. The average Bonchev–Trinajstić information content (AvgIpc) is 1.59. The van der Waals surface area contributed by atoms with Crippen LogP contribution in [0.25, 0.3) is 24.3 Å². The van der Waals surface area contributed by atoms with Gasteiger partial charge in [-0.05, 0) is 281 Å². The number of Topliss-reactive ketones (excluding diaryl/α,β-unsaturated/α-hetero) is 3. The zero-order valence-corrected chi connectivity index (χ0v) is 70.5. The molecule has 18 nitrogen and oxygen atoms in total. The number of hydrogen-bond donors (Lipinski definition) is 7. The van der Waals surface area contributed by atoms with Gasteiger partial charge in [-0.2, -0.15) is 0 Å². The van der Waals surface area contributed by atoms with E-state index in [-0.39, 0.29) is 28.5 Å². The summed E-state index contributed by atoms with van der Waals surface area (Å²) >= 11 is 0. The van der Waals surface area contributed by atoms with Crippen molar-refractivity contribution in [2.24, 2.45) is 99.7 Å². The molecule has 0 saturated heterocycles. The fourth-order valence-corrected chi connectivity index (χ4v) is 31.0. The number of carbonyl (C=O) groups is 4. The fourth-order valence-electron chi connectivity index (χ4n) is 31.0. The smallest absolute Gasteiger partial charge is 0.232 e. The molecular formula is C101H123N11O7. The van der Waals surface area contributed by atoms with E-state index in [2.05, 4.69) is 118 Å². The van der Waals surface area contributed by atoms with Crippen molar-refractivity contribution in [1.82, 2.24) is 24.9 Å². The van der Waals surface area contributed by atoms with E-state index in [1.165, 1.54) is 143 Å². The first kappa shape index (κ1) is 77.0. The molecule has 7 heterocycles. The molecule has 18 heteroatoms. The Labute approximate surface area is 702 Å². The molecule has 20 fully saturated rings. The summed E-state index contributed by atoms with van der Waals surface area (Å²) in [6, 6.07) is 1.81. The normalized spacial score (nSPS) is 38.0. The minimum absolute atomic E-state index is 0.0775. The Morgan fingerprint density at radius 1 is 0.403 bits per heavy atom. The number of aromatic nitrogens is 5. The third kappa shape index (κ3) is 13.6.